The molecule has 3 rings (SSSR count). The highest BCUT2D eigenvalue weighted by atomic mass is 35.5. The average Bonchev–Trinajstić information content (AvgIpc) is 2.94. The van der Waals surface area contributed by atoms with E-state index in [4.69, 9.17) is 11.6 Å². The molecule has 0 aliphatic carbocycles. The minimum atomic E-state index is -1.78. The molecular formula is C15H10ClFN2O. The number of carbonyl (C=O) groups excluding carboxylic acids is 1. The summed E-state index contributed by atoms with van der Waals surface area (Å²) in [5.74, 6) is -0.598. The topological polar surface area (TPSA) is 45.8 Å². The van der Waals surface area contributed by atoms with Crippen LogP contribution in [0.4, 0.5) is 4.39 Å². The van der Waals surface area contributed by atoms with E-state index < -0.39 is 12.0 Å². The fraction of sp³-hybridized carbons (Fsp3) is 0.0667. The van der Waals surface area contributed by atoms with Gasteiger partial charge < -0.3 is 4.98 Å². The fourth-order valence-electron chi connectivity index (χ4n) is 2.16. The zero-order chi connectivity index (χ0) is 14.1. The van der Waals surface area contributed by atoms with Crippen LogP contribution in [0, 0.1) is 0 Å². The summed E-state index contributed by atoms with van der Waals surface area (Å²) in [6.07, 6.45) is 2.65. The number of aromatic nitrogens is 2. The summed E-state index contributed by atoms with van der Waals surface area (Å²) in [5, 5.41) is 1.01. The van der Waals surface area contributed by atoms with Crippen LogP contribution in [-0.2, 0) is 0 Å². The normalized spacial score (nSPS) is 12.5. The lowest BCUT2D eigenvalue weighted by atomic mass is 9.99. The van der Waals surface area contributed by atoms with Crippen LogP contribution < -0.4 is 0 Å². The van der Waals surface area contributed by atoms with Crippen molar-refractivity contribution in [1.82, 2.24) is 9.97 Å². The van der Waals surface area contributed by atoms with Crippen molar-refractivity contribution in [3.05, 3.63) is 65.1 Å². The molecule has 3 aromatic rings. The molecule has 0 fully saturated rings. The Bertz CT molecular complexity index is 784. The lowest BCUT2D eigenvalue weighted by Gasteiger charge is -2.08. The van der Waals surface area contributed by atoms with E-state index >= 15 is 0 Å². The Morgan fingerprint density at radius 2 is 2.15 bits per heavy atom. The second-order valence-electron chi connectivity index (χ2n) is 4.41. The summed E-state index contributed by atoms with van der Waals surface area (Å²) in [6.45, 7) is 0. The molecule has 1 N–H and O–H groups in total. The molecule has 0 amide bonds. The summed E-state index contributed by atoms with van der Waals surface area (Å²) in [7, 11) is 0. The molecule has 0 spiro atoms. The molecule has 0 saturated heterocycles. The number of aromatic amines is 1. The monoisotopic (exact) mass is 288 g/mol. The van der Waals surface area contributed by atoms with Crippen LogP contribution in [0.1, 0.15) is 22.1 Å². The number of rotatable bonds is 3. The summed E-state index contributed by atoms with van der Waals surface area (Å²) in [4.78, 5) is 19.1. The van der Waals surface area contributed by atoms with Crippen LogP contribution in [0.15, 0.2) is 48.9 Å². The number of hydrogen-bond acceptors (Lipinski definition) is 2. The van der Waals surface area contributed by atoms with Crippen molar-refractivity contribution in [1.29, 1.82) is 0 Å². The second kappa shape index (κ2) is 5.06. The third-order valence-corrected chi connectivity index (χ3v) is 3.32. The maximum absolute atomic E-state index is 14.4. The fourth-order valence-corrected chi connectivity index (χ4v) is 2.34. The maximum Gasteiger partial charge on any atom is 0.202 e. The van der Waals surface area contributed by atoms with Crippen LogP contribution in [0.2, 0.25) is 5.02 Å². The highest BCUT2D eigenvalue weighted by molar-refractivity contribution is 6.30. The van der Waals surface area contributed by atoms with Gasteiger partial charge in [0, 0.05) is 40.6 Å². The number of Topliss-reactive ketones (excluding diaryl/α,β-unsaturated/α-hetero) is 1. The number of carbonyl (C=O) groups is 1. The number of halogens is 2. The first-order chi connectivity index (χ1) is 9.66. The molecule has 0 aliphatic heterocycles. The number of benzene rings is 1. The number of pyridine rings is 1. The van der Waals surface area contributed by atoms with Crippen LogP contribution in [0.25, 0.3) is 10.9 Å². The summed E-state index contributed by atoms with van der Waals surface area (Å²) in [5.41, 5.74) is 1.30. The van der Waals surface area contributed by atoms with E-state index in [1.807, 2.05) is 6.07 Å². The number of hydrogen-bond donors (Lipinski definition) is 1. The van der Waals surface area contributed by atoms with Gasteiger partial charge in [-0.15, -0.1) is 0 Å². The molecule has 2 heterocycles. The largest absolute Gasteiger partial charge is 0.361 e. The lowest BCUT2D eigenvalue weighted by Crippen LogP contribution is -2.09. The highest BCUT2D eigenvalue weighted by Crippen LogP contribution is 2.27. The van der Waals surface area contributed by atoms with E-state index in [1.54, 1.807) is 24.4 Å². The predicted octanol–water partition coefficient (Wildman–Crippen LogP) is 4.11. The molecule has 0 saturated carbocycles. The van der Waals surface area contributed by atoms with Gasteiger partial charge in [0.05, 0.1) is 5.02 Å². The molecule has 3 nitrogen and oxygen atoms in total. The quantitative estimate of drug-likeness (QED) is 0.737. The van der Waals surface area contributed by atoms with E-state index in [0.717, 1.165) is 5.52 Å². The number of alkyl halides is 1. The van der Waals surface area contributed by atoms with Gasteiger partial charge in [-0.3, -0.25) is 9.78 Å². The van der Waals surface area contributed by atoms with Gasteiger partial charge in [0.25, 0.3) is 0 Å². The molecule has 1 aromatic carbocycles. The van der Waals surface area contributed by atoms with E-state index in [0.29, 0.717) is 16.0 Å². The number of nitrogens with one attached hydrogen (secondary N) is 1. The van der Waals surface area contributed by atoms with Crippen molar-refractivity contribution in [2.75, 3.05) is 0 Å². The predicted molar refractivity (Wildman–Crippen MR) is 75.7 cm³/mol. The Kier molecular flexibility index (Phi) is 3.24. The Morgan fingerprint density at radius 1 is 1.30 bits per heavy atom. The van der Waals surface area contributed by atoms with E-state index in [9.17, 15) is 9.18 Å². The smallest absolute Gasteiger partial charge is 0.202 e. The van der Waals surface area contributed by atoms with Crippen LogP contribution in [0.3, 0.4) is 0 Å². The van der Waals surface area contributed by atoms with Crippen LogP contribution in [0.5, 0.6) is 0 Å². The molecule has 5 heteroatoms. The van der Waals surface area contributed by atoms with E-state index in [-0.39, 0.29) is 5.56 Å². The average molecular weight is 289 g/mol. The Morgan fingerprint density at radius 3 is 2.95 bits per heavy atom. The van der Waals surface area contributed by atoms with Gasteiger partial charge in [0.1, 0.15) is 0 Å². The Labute approximate surface area is 119 Å². The molecule has 0 aliphatic rings. The number of fused-ring (bicyclic) bond motifs is 1. The van der Waals surface area contributed by atoms with Gasteiger partial charge >= 0.3 is 0 Å². The van der Waals surface area contributed by atoms with Crippen LogP contribution in [-0.4, -0.2) is 15.8 Å². The molecule has 100 valence electrons. The number of nitrogens with zero attached hydrogens (tertiary/aromatic N) is 1. The maximum atomic E-state index is 14.4. The zero-order valence-electron chi connectivity index (χ0n) is 10.3. The number of ketones is 1. The highest BCUT2D eigenvalue weighted by Gasteiger charge is 2.23. The Hall–Kier alpha value is -2.20. The van der Waals surface area contributed by atoms with Gasteiger partial charge in [-0.05, 0) is 18.2 Å². The second-order valence-corrected chi connectivity index (χ2v) is 4.84. The first-order valence-corrected chi connectivity index (χ1v) is 6.39. The van der Waals surface area contributed by atoms with E-state index in [2.05, 4.69) is 9.97 Å². The first-order valence-electron chi connectivity index (χ1n) is 6.01. The van der Waals surface area contributed by atoms with Crippen molar-refractivity contribution in [2.24, 2.45) is 0 Å². The standard InChI is InChI=1S/C15H10ClFN2O/c16-10-6-9(7-18-8-10)14(17)15(20)12-2-1-3-13-11(12)4-5-19-13/h1-8,14,19H. The molecule has 20 heavy (non-hydrogen) atoms. The van der Waals surface area contributed by atoms with Gasteiger partial charge in [-0.1, -0.05) is 23.7 Å². The van der Waals surface area contributed by atoms with Crippen molar-refractivity contribution in [2.45, 2.75) is 6.17 Å². The van der Waals surface area contributed by atoms with Gasteiger partial charge in [-0.2, -0.15) is 0 Å². The minimum Gasteiger partial charge on any atom is -0.361 e. The van der Waals surface area contributed by atoms with Gasteiger partial charge in [0.15, 0.2) is 6.17 Å². The third-order valence-electron chi connectivity index (χ3n) is 3.11. The van der Waals surface area contributed by atoms with Crippen molar-refractivity contribution < 1.29 is 9.18 Å². The molecule has 1 atom stereocenters. The minimum absolute atomic E-state index is 0.162. The summed E-state index contributed by atoms with van der Waals surface area (Å²) < 4.78 is 14.4. The first kappa shape index (κ1) is 12.8. The SMILES string of the molecule is O=C(c1cccc2[nH]ccc12)C(F)c1cncc(Cl)c1. The molecular weight excluding hydrogens is 279 g/mol. The molecule has 2 aromatic heterocycles. The molecule has 0 radical (unpaired) electrons. The van der Waals surface area contributed by atoms with E-state index in [1.165, 1.54) is 18.5 Å². The molecule has 1 unspecified atom stereocenters. The van der Waals surface area contributed by atoms with Crippen molar-refractivity contribution in [3.8, 4) is 0 Å². The molecule has 0 bridgehead atoms. The summed E-state index contributed by atoms with van der Waals surface area (Å²) in [6, 6.07) is 8.33. The summed E-state index contributed by atoms with van der Waals surface area (Å²) >= 11 is 5.77. The lowest BCUT2D eigenvalue weighted by molar-refractivity contribution is 0.0879. The van der Waals surface area contributed by atoms with Gasteiger partial charge in [0.2, 0.25) is 5.78 Å². The van der Waals surface area contributed by atoms with Crippen molar-refractivity contribution >= 4 is 28.3 Å². The third kappa shape index (κ3) is 2.18. The van der Waals surface area contributed by atoms with Crippen LogP contribution >= 0.6 is 11.6 Å². The number of H-pyrrole nitrogens is 1. The van der Waals surface area contributed by atoms with Crippen molar-refractivity contribution in [3.63, 3.8) is 0 Å². The van der Waals surface area contributed by atoms with Gasteiger partial charge in [-0.25, -0.2) is 4.39 Å². The zero-order valence-corrected chi connectivity index (χ0v) is 11.1. The Balaban J connectivity index is 2.02.